The highest BCUT2D eigenvalue weighted by molar-refractivity contribution is 8.00. The van der Waals surface area contributed by atoms with Crippen molar-refractivity contribution in [2.75, 3.05) is 5.75 Å². The zero-order valence-corrected chi connectivity index (χ0v) is 10.7. The van der Waals surface area contributed by atoms with Gasteiger partial charge in [-0.2, -0.15) is 0 Å². The third-order valence-electron chi connectivity index (χ3n) is 2.62. The first-order valence-corrected chi connectivity index (χ1v) is 6.62. The molecule has 0 radical (unpaired) electrons. The highest BCUT2D eigenvalue weighted by atomic mass is 32.2. The summed E-state index contributed by atoms with van der Waals surface area (Å²) in [6, 6.07) is 0.909. The Hall–Kier alpha value is 0.210. The van der Waals surface area contributed by atoms with E-state index in [4.69, 9.17) is 0 Å². The lowest BCUT2D eigenvalue weighted by atomic mass is 10.2. The van der Waals surface area contributed by atoms with Crippen LogP contribution in [0.15, 0.2) is 0 Å². The Labute approximate surface area is 92.6 Å². The van der Waals surface area contributed by atoms with Crippen LogP contribution in [0.4, 0.5) is 0 Å². The molecule has 0 aliphatic carbocycles. The van der Waals surface area contributed by atoms with Crippen molar-refractivity contribution < 1.29 is 4.79 Å². The second-order valence-corrected chi connectivity index (χ2v) is 5.38. The third-order valence-corrected chi connectivity index (χ3v) is 4.73. The van der Waals surface area contributed by atoms with Crippen LogP contribution in [0.1, 0.15) is 26.7 Å². The topological polar surface area (TPSA) is 32.3 Å². The van der Waals surface area contributed by atoms with Gasteiger partial charge in [-0.1, -0.05) is 9.39 Å². The van der Waals surface area contributed by atoms with Gasteiger partial charge >= 0.3 is 0 Å². The number of amides is 1. The number of carbonyl (C=O) groups is 1. The summed E-state index contributed by atoms with van der Waals surface area (Å²) in [5.41, 5.74) is 0. The van der Waals surface area contributed by atoms with Crippen LogP contribution in [0.5, 0.6) is 0 Å². The lowest BCUT2D eigenvalue weighted by Gasteiger charge is -2.23. The fraction of sp³-hybridized carbons (Fsp3) is 0.889. The number of nitrogens with zero attached hydrogens (tertiary/aromatic N) is 1. The number of carbonyl (C=O) groups excluding carboxylic acids is 1. The Morgan fingerprint density at radius 2 is 2.50 bits per heavy atom. The Morgan fingerprint density at radius 3 is 3.07 bits per heavy atom. The van der Waals surface area contributed by atoms with Crippen LogP contribution in [0.3, 0.4) is 0 Å². The summed E-state index contributed by atoms with van der Waals surface area (Å²) >= 11 is 1.90. The van der Waals surface area contributed by atoms with Crippen molar-refractivity contribution in [3.05, 3.63) is 0 Å². The minimum absolute atomic E-state index is 0.392. The van der Waals surface area contributed by atoms with Gasteiger partial charge < -0.3 is 4.90 Å². The van der Waals surface area contributed by atoms with Gasteiger partial charge in [0.1, 0.15) is 0 Å². The van der Waals surface area contributed by atoms with Crippen molar-refractivity contribution in [1.29, 1.82) is 0 Å². The van der Waals surface area contributed by atoms with E-state index in [1.807, 2.05) is 16.7 Å². The van der Waals surface area contributed by atoms with Crippen molar-refractivity contribution in [1.82, 2.24) is 9.99 Å². The van der Waals surface area contributed by atoms with Crippen molar-refractivity contribution in [3.8, 4) is 0 Å². The zero-order valence-electron chi connectivity index (χ0n) is 8.77. The maximum atomic E-state index is 10.8. The lowest BCUT2D eigenvalue weighted by molar-refractivity contribution is -0.119. The van der Waals surface area contributed by atoms with Gasteiger partial charge in [0.15, 0.2) is 0 Å². The molecule has 1 N–H and O–H groups in total. The number of thioether (sulfide) groups is 1. The molecule has 1 aliphatic heterocycles. The quantitative estimate of drug-likeness (QED) is 0.577. The number of rotatable bonds is 5. The summed E-state index contributed by atoms with van der Waals surface area (Å²) < 4.78 is 0. The zero-order chi connectivity index (χ0) is 10.6. The molecule has 0 aromatic rings. The summed E-state index contributed by atoms with van der Waals surface area (Å²) in [5, 5.41) is 3.53. The van der Waals surface area contributed by atoms with Gasteiger partial charge in [-0.25, -0.2) is 0 Å². The molecule has 1 heterocycles. The van der Waals surface area contributed by atoms with E-state index in [1.165, 1.54) is 0 Å². The molecule has 4 atom stereocenters. The van der Waals surface area contributed by atoms with E-state index in [1.54, 1.807) is 0 Å². The van der Waals surface area contributed by atoms with E-state index in [0.29, 0.717) is 17.5 Å². The summed E-state index contributed by atoms with van der Waals surface area (Å²) in [6.45, 7) is 4.26. The van der Waals surface area contributed by atoms with Crippen LogP contribution >= 0.6 is 21.2 Å². The Balaban J connectivity index is 2.33. The monoisotopic (exact) mass is 234 g/mol. The number of nitrogens with one attached hydrogen (secondary N) is 1. The van der Waals surface area contributed by atoms with Gasteiger partial charge in [0.2, 0.25) is 6.41 Å². The van der Waals surface area contributed by atoms with E-state index >= 15 is 0 Å². The van der Waals surface area contributed by atoms with Crippen LogP contribution in [-0.4, -0.2) is 34.5 Å². The third kappa shape index (κ3) is 3.11. The molecule has 0 bridgehead atoms. The minimum atomic E-state index is 0.392. The van der Waals surface area contributed by atoms with Crippen molar-refractivity contribution >= 4 is 27.6 Å². The van der Waals surface area contributed by atoms with Gasteiger partial charge in [-0.3, -0.25) is 9.88 Å². The molecule has 14 heavy (non-hydrogen) atoms. The fourth-order valence-corrected chi connectivity index (χ4v) is 3.16. The molecule has 4 unspecified atom stereocenters. The lowest BCUT2D eigenvalue weighted by Crippen LogP contribution is -2.34. The summed E-state index contributed by atoms with van der Waals surface area (Å²) in [4.78, 5) is 12.8. The maximum Gasteiger partial charge on any atom is 0.210 e. The molecule has 3 nitrogen and oxygen atoms in total. The predicted octanol–water partition coefficient (Wildman–Crippen LogP) is 1.45. The van der Waals surface area contributed by atoms with Crippen molar-refractivity contribution in [2.45, 2.75) is 44.1 Å². The molecule has 0 spiro atoms. The molecule has 0 aromatic carbocycles. The van der Waals surface area contributed by atoms with E-state index in [2.05, 4.69) is 28.3 Å². The van der Waals surface area contributed by atoms with Crippen LogP contribution in [0, 0.1) is 0 Å². The van der Waals surface area contributed by atoms with Crippen LogP contribution in [0.25, 0.3) is 0 Å². The molecule has 5 heteroatoms. The molecular formula is C9H19N2OPS. The molecule has 1 aliphatic rings. The molecule has 1 rings (SSSR count). The molecule has 1 amide bonds. The molecule has 0 aromatic heterocycles. The molecule has 1 saturated heterocycles. The van der Waals surface area contributed by atoms with Gasteiger partial charge in [0, 0.05) is 17.8 Å². The number of hydrogen-bond donors (Lipinski definition) is 1. The smallest absolute Gasteiger partial charge is 0.210 e. The van der Waals surface area contributed by atoms with Gasteiger partial charge in [-0.15, -0.1) is 11.8 Å². The van der Waals surface area contributed by atoms with Crippen LogP contribution in [0.2, 0.25) is 0 Å². The van der Waals surface area contributed by atoms with Gasteiger partial charge in [-0.05, 0) is 26.7 Å². The molecule has 0 saturated carbocycles. The highest BCUT2D eigenvalue weighted by Crippen LogP contribution is 2.30. The maximum absolute atomic E-state index is 10.8. The second-order valence-electron chi connectivity index (χ2n) is 3.83. The van der Waals surface area contributed by atoms with Crippen LogP contribution in [-0.2, 0) is 4.79 Å². The SMILES string of the molecule is CC(CCC1SCC(C)N1C=O)NP. The van der Waals surface area contributed by atoms with E-state index in [9.17, 15) is 4.79 Å². The Kier molecular flexibility index (Phi) is 5.21. The average Bonchev–Trinajstić information content (AvgIpc) is 2.55. The summed E-state index contributed by atoms with van der Waals surface area (Å²) in [5.74, 6) is 1.08. The Bertz CT molecular complexity index is 194. The Morgan fingerprint density at radius 1 is 1.79 bits per heavy atom. The molecular weight excluding hydrogens is 215 g/mol. The average molecular weight is 234 g/mol. The fourth-order valence-electron chi connectivity index (χ4n) is 1.59. The first-order valence-electron chi connectivity index (χ1n) is 4.99. The highest BCUT2D eigenvalue weighted by Gasteiger charge is 2.29. The van der Waals surface area contributed by atoms with Gasteiger partial charge in [0.05, 0.1) is 5.37 Å². The normalized spacial score (nSPS) is 29.2. The largest absolute Gasteiger partial charge is 0.330 e. The van der Waals surface area contributed by atoms with E-state index in [-0.39, 0.29) is 0 Å². The summed E-state index contributed by atoms with van der Waals surface area (Å²) in [6.07, 6.45) is 3.18. The van der Waals surface area contributed by atoms with Crippen molar-refractivity contribution in [2.24, 2.45) is 0 Å². The first kappa shape index (κ1) is 12.3. The predicted molar refractivity (Wildman–Crippen MR) is 65.2 cm³/mol. The van der Waals surface area contributed by atoms with Crippen molar-refractivity contribution in [3.63, 3.8) is 0 Å². The number of hydrogen-bond acceptors (Lipinski definition) is 3. The summed E-state index contributed by atoms with van der Waals surface area (Å²) in [7, 11) is 2.53. The minimum Gasteiger partial charge on any atom is -0.330 e. The first-order chi connectivity index (χ1) is 6.69. The van der Waals surface area contributed by atoms with Crippen LogP contribution < -0.4 is 5.09 Å². The molecule has 82 valence electrons. The molecule has 1 fully saturated rings. The van der Waals surface area contributed by atoms with E-state index in [0.717, 1.165) is 25.0 Å². The van der Waals surface area contributed by atoms with E-state index < -0.39 is 0 Å². The standard InChI is InChI=1S/C9H19N2OPS/c1-7(10-13)3-4-9-11(6-12)8(2)5-14-9/h6-10H,3-5,13H2,1-2H3. The second kappa shape index (κ2) is 5.94. The van der Waals surface area contributed by atoms with Gasteiger partial charge in [0.25, 0.3) is 0 Å².